The van der Waals surface area contributed by atoms with Crippen LogP contribution in [0, 0.1) is 5.41 Å². The molecule has 0 heterocycles. The molecule has 0 radical (unpaired) electrons. The summed E-state index contributed by atoms with van der Waals surface area (Å²) in [6.07, 6.45) is 13.4. The second-order valence-corrected chi connectivity index (χ2v) is 6.39. The van der Waals surface area contributed by atoms with Gasteiger partial charge in [-0.25, -0.2) is 0 Å². The van der Waals surface area contributed by atoms with E-state index in [9.17, 15) is 0 Å². The maximum absolute atomic E-state index is 5.96. The van der Waals surface area contributed by atoms with E-state index < -0.39 is 0 Å². The van der Waals surface area contributed by atoms with Crippen molar-refractivity contribution in [1.29, 1.82) is 0 Å². The minimum Gasteiger partial charge on any atom is -0.328 e. The topological polar surface area (TPSA) is 26.0 Å². The summed E-state index contributed by atoms with van der Waals surface area (Å²) in [7, 11) is 0. The lowest BCUT2D eigenvalue weighted by Crippen LogP contribution is -2.19. The Morgan fingerprint density at radius 3 is 2.06 bits per heavy atom. The Labute approximate surface area is 110 Å². The van der Waals surface area contributed by atoms with Crippen molar-refractivity contribution in [2.45, 2.75) is 97.9 Å². The smallest absolute Gasteiger partial charge is 0.00362 e. The number of hydrogen-bond acceptors (Lipinski definition) is 1. The van der Waals surface area contributed by atoms with Crippen LogP contribution < -0.4 is 5.73 Å². The molecular weight excluding hydrogens is 206 g/mol. The van der Waals surface area contributed by atoms with E-state index in [1.54, 1.807) is 0 Å². The van der Waals surface area contributed by atoms with Gasteiger partial charge in [0.25, 0.3) is 0 Å². The summed E-state index contributed by atoms with van der Waals surface area (Å²) in [6, 6.07) is 0.426. The van der Waals surface area contributed by atoms with E-state index in [1.807, 2.05) is 0 Å². The molecule has 0 spiro atoms. The van der Waals surface area contributed by atoms with Gasteiger partial charge in [-0.05, 0) is 31.1 Å². The van der Waals surface area contributed by atoms with Crippen molar-refractivity contribution in [2.24, 2.45) is 11.1 Å². The molecule has 0 saturated carbocycles. The summed E-state index contributed by atoms with van der Waals surface area (Å²) in [5, 5.41) is 0. The molecule has 1 nitrogen and oxygen atoms in total. The molecule has 2 N–H and O–H groups in total. The summed E-state index contributed by atoms with van der Waals surface area (Å²) in [5.41, 5.74) is 6.48. The first kappa shape index (κ1) is 17.0. The van der Waals surface area contributed by atoms with Crippen LogP contribution in [0.3, 0.4) is 0 Å². The van der Waals surface area contributed by atoms with Gasteiger partial charge in [0, 0.05) is 6.04 Å². The number of unbranched alkanes of at least 4 members (excludes halogenated alkanes) is 4. The molecule has 0 aromatic rings. The molecule has 1 heteroatoms. The molecular formula is C16H35N. The first-order valence-electron chi connectivity index (χ1n) is 7.77. The maximum Gasteiger partial charge on any atom is 0.00362 e. The normalized spacial score (nSPS) is 13.9. The van der Waals surface area contributed by atoms with Crippen molar-refractivity contribution in [3.63, 3.8) is 0 Å². The van der Waals surface area contributed by atoms with Crippen LogP contribution in [0.15, 0.2) is 0 Å². The molecule has 0 aliphatic heterocycles. The molecule has 1 atom stereocenters. The van der Waals surface area contributed by atoms with Gasteiger partial charge in [-0.1, -0.05) is 66.2 Å². The third-order valence-electron chi connectivity index (χ3n) is 3.91. The highest BCUT2D eigenvalue weighted by molar-refractivity contribution is 4.70. The molecule has 0 amide bonds. The molecule has 17 heavy (non-hydrogen) atoms. The van der Waals surface area contributed by atoms with Crippen molar-refractivity contribution < 1.29 is 0 Å². The third-order valence-corrected chi connectivity index (χ3v) is 3.91. The lowest BCUT2D eigenvalue weighted by Gasteiger charge is -2.25. The number of nitrogens with two attached hydrogens (primary N) is 1. The SMILES string of the molecule is CCCCCCCC(C)(C)CCCC(N)CC. The van der Waals surface area contributed by atoms with Crippen molar-refractivity contribution >= 4 is 0 Å². The molecule has 104 valence electrons. The van der Waals surface area contributed by atoms with Gasteiger partial charge < -0.3 is 5.73 Å². The van der Waals surface area contributed by atoms with E-state index in [1.165, 1.54) is 57.8 Å². The molecule has 0 saturated heterocycles. The Kier molecular flexibility index (Phi) is 9.91. The van der Waals surface area contributed by atoms with Gasteiger partial charge in [0.05, 0.1) is 0 Å². The van der Waals surface area contributed by atoms with Crippen molar-refractivity contribution in [2.75, 3.05) is 0 Å². The molecule has 0 fully saturated rings. The Hall–Kier alpha value is -0.0400. The fourth-order valence-corrected chi connectivity index (χ4v) is 2.38. The lowest BCUT2D eigenvalue weighted by atomic mass is 9.81. The molecule has 0 rings (SSSR count). The van der Waals surface area contributed by atoms with Gasteiger partial charge in [-0.2, -0.15) is 0 Å². The van der Waals surface area contributed by atoms with Crippen molar-refractivity contribution in [1.82, 2.24) is 0 Å². The van der Waals surface area contributed by atoms with Gasteiger partial charge in [0.2, 0.25) is 0 Å². The van der Waals surface area contributed by atoms with E-state index in [2.05, 4.69) is 27.7 Å². The second kappa shape index (κ2) is 9.94. The largest absolute Gasteiger partial charge is 0.328 e. The molecule has 0 bridgehead atoms. The zero-order valence-corrected chi connectivity index (χ0v) is 12.7. The highest BCUT2D eigenvalue weighted by Crippen LogP contribution is 2.30. The summed E-state index contributed by atoms with van der Waals surface area (Å²) >= 11 is 0. The zero-order chi connectivity index (χ0) is 13.1. The first-order valence-corrected chi connectivity index (χ1v) is 7.77. The van der Waals surface area contributed by atoms with E-state index in [0.29, 0.717) is 11.5 Å². The average Bonchev–Trinajstić information content (AvgIpc) is 2.28. The predicted octanol–water partition coefficient (Wildman–Crippen LogP) is 5.28. The first-order chi connectivity index (χ1) is 8.02. The minimum atomic E-state index is 0.426. The maximum atomic E-state index is 5.96. The fraction of sp³-hybridized carbons (Fsp3) is 1.00. The van der Waals surface area contributed by atoms with E-state index in [4.69, 9.17) is 5.73 Å². The zero-order valence-electron chi connectivity index (χ0n) is 12.7. The molecule has 0 aliphatic rings. The van der Waals surface area contributed by atoms with Crippen LogP contribution in [-0.2, 0) is 0 Å². The standard InChI is InChI=1S/C16H35N/c1-5-7-8-9-10-13-16(3,4)14-11-12-15(17)6-2/h15H,5-14,17H2,1-4H3. The molecule has 0 aliphatic carbocycles. The summed E-state index contributed by atoms with van der Waals surface area (Å²) in [6.45, 7) is 9.30. The Balaban J connectivity index is 3.51. The van der Waals surface area contributed by atoms with E-state index in [-0.39, 0.29) is 0 Å². The Morgan fingerprint density at radius 1 is 0.882 bits per heavy atom. The lowest BCUT2D eigenvalue weighted by molar-refractivity contribution is 0.280. The monoisotopic (exact) mass is 241 g/mol. The second-order valence-electron chi connectivity index (χ2n) is 6.39. The van der Waals surface area contributed by atoms with Gasteiger partial charge in [0.1, 0.15) is 0 Å². The van der Waals surface area contributed by atoms with Crippen LogP contribution in [-0.4, -0.2) is 6.04 Å². The van der Waals surface area contributed by atoms with Gasteiger partial charge in [-0.3, -0.25) is 0 Å². The van der Waals surface area contributed by atoms with Crippen LogP contribution in [0.4, 0.5) is 0 Å². The highest BCUT2D eigenvalue weighted by atomic mass is 14.6. The van der Waals surface area contributed by atoms with Gasteiger partial charge in [-0.15, -0.1) is 0 Å². The van der Waals surface area contributed by atoms with Gasteiger partial charge in [0.15, 0.2) is 0 Å². The number of rotatable bonds is 11. The molecule has 0 aromatic carbocycles. The summed E-state index contributed by atoms with van der Waals surface area (Å²) in [5.74, 6) is 0. The highest BCUT2D eigenvalue weighted by Gasteiger charge is 2.17. The van der Waals surface area contributed by atoms with E-state index in [0.717, 1.165) is 6.42 Å². The minimum absolute atomic E-state index is 0.426. The van der Waals surface area contributed by atoms with Crippen LogP contribution in [0.1, 0.15) is 91.9 Å². The number of hydrogen-bond donors (Lipinski definition) is 1. The summed E-state index contributed by atoms with van der Waals surface area (Å²) < 4.78 is 0. The van der Waals surface area contributed by atoms with Gasteiger partial charge >= 0.3 is 0 Å². The predicted molar refractivity (Wildman–Crippen MR) is 79.3 cm³/mol. The van der Waals surface area contributed by atoms with Crippen LogP contribution >= 0.6 is 0 Å². The third kappa shape index (κ3) is 10.8. The van der Waals surface area contributed by atoms with Crippen LogP contribution in [0.5, 0.6) is 0 Å². The summed E-state index contributed by atoms with van der Waals surface area (Å²) in [4.78, 5) is 0. The molecule has 1 unspecified atom stereocenters. The average molecular weight is 241 g/mol. The van der Waals surface area contributed by atoms with Crippen LogP contribution in [0.25, 0.3) is 0 Å². The van der Waals surface area contributed by atoms with Crippen LogP contribution in [0.2, 0.25) is 0 Å². The fourth-order valence-electron chi connectivity index (χ4n) is 2.38. The Morgan fingerprint density at radius 2 is 1.47 bits per heavy atom. The molecule has 0 aromatic heterocycles. The Bertz CT molecular complexity index is 163. The van der Waals surface area contributed by atoms with Crippen molar-refractivity contribution in [3.8, 4) is 0 Å². The van der Waals surface area contributed by atoms with Crippen molar-refractivity contribution in [3.05, 3.63) is 0 Å². The van der Waals surface area contributed by atoms with E-state index >= 15 is 0 Å². The quantitative estimate of drug-likeness (QED) is 0.489.